The Morgan fingerprint density at radius 1 is 1.00 bits per heavy atom. The van der Waals surface area contributed by atoms with E-state index in [0.717, 1.165) is 11.3 Å². The van der Waals surface area contributed by atoms with Crippen molar-refractivity contribution in [3.63, 3.8) is 0 Å². The Labute approximate surface area is 127 Å². The van der Waals surface area contributed by atoms with Crippen LogP contribution in [-0.4, -0.2) is 26.3 Å². The summed E-state index contributed by atoms with van der Waals surface area (Å²) in [5.74, 6) is 2.11. The number of benzene rings is 2. The van der Waals surface area contributed by atoms with Gasteiger partial charge < -0.3 is 18.9 Å². The van der Waals surface area contributed by atoms with Crippen molar-refractivity contribution in [3.8, 4) is 23.0 Å². The topological polar surface area (TPSA) is 54.0 Å². The van der Waals surface area contributed by atoms with Gasteiger partial charge >= 0.3 is 0 Å². The maximum absolute atomic E-state index is 12.8. The smallest absolute Gasteiger partial charge is 0.231 e. The van der Waals surface area contributed by atoms with Crippen LogP contribution in [0.25, 0.3) is 0 Å². The van der Waals surface area contributed by atoms with Crippen molar-refractivity contribution < 1.29 is 23.7 Å². The van der Waals surface area contributed by atoms with Crippen LogP contribution in [0, 0.1) is 0 Å². The van der Waals surface area contributed by atoms with Gasteiger partial charge in [-0.3, -0.25) is 4.79 Å². The van der Waals surface area contributed by atoms with E-state index in [1.54, 1.807) is 19.2 Å². The predicted octanol–water partition coefficient (Wildman–Crippen LogP) is 2.78. The van der Waals surface area contributed by atoms with E-state index in [1.165, 1.54) is 0 Å². The maximum Gasteiger partial charge on any atom is 0.231 e. The van der Waals surface area contributed by atoms with Crippen LogP contribution in [-0.2, 0) is 0 Å². The normalized spacial score (nSPS) is 18.6. The number of Topliss-reactive ketones (excluding diaryl/α,β-unsaturated/α-hetero) is 1. The van der Waals surface area contributed by atoms with Crippen LogP contribution in [0.15, 0.2) is 36.4 Å². The van der Waals surface area contributed by atoms with E-state index in [-0.39, 0.29) is 25.1 Å². The zero-order chi connectivity index (χ0) is 15.1. The van der Waals surface area contributed by atoms with Crippen LogP contribution in [0.5, 0.6) is 23.0 Å². The van der Waals surface area contributed by atoms with Crippen molar-refractivity contribution in [1.82, 2.24) is 0 Å². The zero-order valence-electron chi connectivity index (χ0n) is 12.0. The zero-order valence-corrected chi connectivity index (χ0v) is 12.0. The molecule has 2 heterocycles. The van der Waals surface area contributed by atoms with Crippen LogP contribution < -0.4 is 18.9 Å². The van der Waals surface area contributed by atoms with Gasteiger partial charge in [0.25, 0.3) is 0 Å². The minimum atomic E-state index is -0.321. The number of methoxy groups -OCH3 is 1. The summed E-state index contributed by atoms with van der Waals surface area (Å²) >= 11 is 0. The average molecular weight is 298 g/mol. The molecule has 5 nitrogen and oxygen atoms in total. The van der Waals surface area contributed by atoms with Crippen LogP contribution in [0.4, 0.5) is 0 Å². The van der Waals surface area contributed by atoms with Crippen molar-refractivity contribution >= 4 is 5.78 Å². The van der Waals surface area contributed by atoms with E-state index in [4.69, 9.17) is 18.9 Å². The van der Waals surface area contributed by atoms with Crippen molar-refractivity contribution in [2.24, 2.45) is 0 Å². The quantitative estimate of drug-likeness (QED) is 0.853. The first kappa shape index (κ1) is 13.0. The number of rotatable bonds is 2. The molecule has 0 saturated carbocycles. The van der Waals surface area contributed by atoms with Gasteiger partial charge in [-0.05, 0) is 29.8 Å². The molecule has 0 bridgehead atoms. The lowest BCUT2D eigenvalue weighted by molar-refractivity contribution is 0.0890. The van der Waals surface area contributed by atoms with Gasteiger partial charge in [0.15, 0.2) is 17.3 Å². The maximum atomic E-state index is 12.8. The molecule has 0 aliphatic carbocycles. The van der Waals surface area contributed by atoms with Crippen LogP contribution in [0.1, 0.15) is 21.8 Å². The van der Waals surface area contributed by atoms with Crippen molar-refractivity contribution in [2.75, 3.05) is 20.5 Å². The van der Waals surface area contributed by atoms with Gasteiger partial charge in [-0.25, -0.2) is 0 Å². The number of carbonyl (C=O) groups is 1. The molecule has 2 aromatic rings. The van der Waals surface area contributed by atoms with Crippen molar-refractivity contribution in [2.45, 2.75) is 5.92 Å². The highest BCUT2D eigenvalue weighted by molar-refractivity contribution is 6.05. The van der Waals surface area contributed by atoms with Gasteiger partial charge in [-0.2, -0.15) is 0 Å². The molecule has 0 amide bonds. The van der Waals surface area contributed by atoms with E-state index in [0.29, 0.717) is 22.8 Å². The molecule has 0 aromatic heterocycles. The fraction of sp³-hybridized carbons (Fsp3) is 0.235. The first-order valence-corrected chi connectivity index (χ1v) is 7.01. The molecule has 0 radical (unpaired) electrons. The van der Waals surface area contributed by atoms with E-state index >= 15 is 0 Å². The van der Waals surface area contributed by atoms with Gasteiger partial charge in [0, 0.05) is 0 Å². The first-order chi connectivity index (χ1) is 10.8. The Kier molecular flexibility index (Phi) is 2.92. The Hall–Kier alpha value is -2.69. The third kappa shape index (κ3) is 1.89. The molecule has 2 aliphatic heterocycles. The Morgan fingerprint density at radius 3 is 2.59 bits per heavy atom. The number of carbonyl (C=O) groups excluding carboxylic acids is 1. The summed E-state index contributed by atoms with van der Waals surface area (Å²) < 4.78 is 21.7. The lowest BCUT2D eigenvalue weighted by Crippen LogP contribution is -2.26. The minimum Gasteiger partial charge on any atom is -0.497 e. The van der Waals surface area contributed by atoms with E-state index < -0.39 is 0 Å². The lowest BCUT2D eigenvalue weighted by atomic mass is 9.89. The summed E-state index contributed by atoms with van der Waals surface area (Å²) in [6.45, 7) is 0.448. The second kappa shape index (κ2) is 4.94. The standard InChI is InChI=1S/C17H14O5/c1-19-11-4-2-10(3-5-11)13-8-20-16-12(15(13)18)6-7-14-17(16)22-9-21-14/h2-7,13H,8-9H2,1H3/t13-/m0/s1. The molecule has 0 saturated heterocycles. The molecular weight excluding hydrogens is 284 g/mol. The molecular formula is C17H14O5. The third-order valence-electron chi connectivity index (χ3n) is 3.99. The Bertz CT molecular complexity index is 735. The summed E-state index contributed by atoms with van der Waals surface area (Å²) in [6.07, 6.45) is 0. The summed E-state index contributed by atoms with van der Waals surface area (Å²) in [6, 6.07) is 11.0. The fourth-order valence-corrected chi connectivity index (χ4v) is 2.80. The number of fused-ring (bicyclic) bond motifs is 3. The van der Waals surface area contributed by atoms with Gasteiger partial charge in [0.1, 0.15) is 12.4 Å². The van der Waals surface area contributed by atoms with Gasteiger partial charge in [0.2, 0.25) is 12.5 Å². The second-order valence-electron chi connectivity index (χ2n) is 5.18. The molecule has 0 spiro atoms. The second-order valence-corrected chi connectivity index (χ2v) is 5.18. The molecule has 5 heteroatoms. The van der Waals surface area contributed by atoms with Crippen LogP contribution >= 0.6 is 0 Å². The number of ketones is 1. The largest absolute Gasteiger partial charge is 0.497 e. The van der Waals surface area contributed by atoms with E-state index in [2.05, 4.69) is 0 Å². The predicted molar refractivity (Wildman–Crippen MR) is 78.1 cm³/mol. The van der Waals surface area contributed by atoms with Crippen molar-refractivity contribution in [3.05, 3.63) is 47.5 Å². The molecule has 0 N–H and O–H groups in total. The van der Waals surface area contributed by atoms with Crippen molar-refractivity contribution in [1.29, 1.82) is 0 Å². The lowest BCUT2D eigenvalue weighted by Gasteiger charge is -2.25. The molecule has 2 aliphatic rings. The molecule has 22 heavy (non-hydrogen) atoms. The van der Waals surface area contributed by atoms with E-state index in [1.807, 2.05) is 24.3 Å². The van der Waals surface area contributed by atoms with Crippen LogP contribution in [0.3, 0.4) is 0 Å². The molecule has 0 unspecified atom stereocenters. The highest BCUT2D eigenvalue weighted by Crippen LogP contribution is 2.46. The number of hydrogen-bond donors (Lipinski definition) is 0. The fourth-order valence-electron chi connectivity index (χ4n) is 2.80. The Balaban J connectivity index is 1.70. The molecule has 112 valence electrons. The van der Waals surface area contributed by atoms with Gasteiger partial charge in [-0.15, -0.1) is 0 Å². The van der Waals surface area contributed by atoms with Gasteiger partial charge in [-0.1, -0.05) is 12.1 Å². The molecule has 4 rings (SSSR count). The summed E-state index contributed by atoms with van der Waals surface area (Å²) in [5, 5.41) is 0. The SMILES string of the molecule is COc1ccc([C@@H]2COc3c(ccc4c3OCO4)C2=O)cc1. The monoisotopic (exact) mass is 298 g/mol. The van der Waals surface area contributed by atoms with Crippen LogP contribution in [0.2, 0.25) is 0 Å². The van der Waals surface area contributed by atoms with Gasteiger partial charge in [0.05, 0.1) is 18.6 Å². The summed E-state index contributed by atoms with van der Waals surface area (Å²) in [5.41, 5.74) is 1.45. The summed E-state index contributed by atoms with van der Waals surface area (Å²) in [7, 11) is 1.61. The average Bonchev–Trinajstić information content (AvgIpc) is 3.04. The minimum absolute atomic E-state index is 0.0321. The van der Waals surface area contributed by atoms with E-state index in [9.17, 15) is 4.79 Å². The highest BCUT2D eigenvalue weighted by Gasteiger charge is 2.34. The first-order valence-electron chi connectivity index (χ1n) is 7.01. The highest BCUT2D eigenvalue weighted by atomic mass is 16.7. The molecule has 2 aromatic carbocycles. The number of hydrogen-bond acceptors (Lipinski definition) is 5. The number of ether oxygens (including phenoxy) is 4. The molecule has 1 atom stereocenters. The third-order valence-corrected chi connectivity index (χ3v) is 3.99. The molecule has 0 fully saturated rings. The summed E-state index contributed by atoms with van der Waals surface area (Å²) in [4.78, 5) is 12.8. The Morgan fingerprint density at radius 2 is 1.82 bits per heavy atom.